The minimum Gasteiger partial charge on any atom is -0.475 e. The molecule has 1 aromatic rings. The minimum absolute atomic E-state index is 0. The summed E-state index contributed by atoms with van der Waals surface area (Å²) >= 11 is 13.3. The number of carbonyl (C=O) groups is 1. The third-order valence-electron chi connectivity index (χ3n) is 2.38. The highest BCUT2D eigenvalue weighted by Crippen LogP contribution is 2.24. The van der Waals surface area contributed by atoms with Gasteiger partial charge in [-0.2, -0.15) is 11.8 Å². The highest BCUT2D eigenvalue weighted by atomic mass is 35.5. The van der Waals surface area contributed by atoms with Gasteiger partial charge in [0.1, 0.15) is 11.6 Å². The molecule has 128 valence electrons. The summed E-state index contributed by atoms with van der Waals surface area (Å²) in [5.41, 5.74) is 5.72. The smallest absolute Gasteiger partial charge is 0.237 e. The van der Waals surface area contributed by atoms with Gasteiger partial charge in [-0.05, 0) is 24.5 Å². The number of pyridine rings is 1. The normalized spacial score (nSPS) is 10.9. The van der Waals surface area contributed by atoms with Crippen LogP contribution in [0.1, 0.15) is 6.42 Å². The molecule has 1 rings (SSSR count). The summed E-state index contributed by atoms with van der Waals surface area (Å²) in [6.45, 7) is 0.599. The van der Waals surface area contributed by atoms with E-state index in [1.54, 1.807) is 17.8 Å². The molecule has 1 heterocycles. The van der Waals surface area contributed by atoms with Crippen LogP contribution < -0.4 is 15.8 Å². The van der Waals surface area contributed by atoms with Crippen LogP contribution in [0.15, 0.2) is 12.3 Å². The molecule has 0 fully saturated rings. The number of nitrogens with one attached hydrogen (secondary N) is 1. The van der Waals surface area contributed by atoms with Crippen LogP contribution in [0.4, 0.5) is 0 Å². The lowest BCUT2D eigenvalue weighted by molar-refractivity contribution is -0.122. The number of amides is 1. The Morgan fingerprint density at radius 1 is 1.50 bits per heavy atom. The van der Waals surface area contributed by atoms with E-state index in [0.29, 0.717) is 23.0 Å². The van der Waals surface area contributed by atoms with Gasteiger partial charge in [0.05, 0.1) is 17.6 Å². The van der Waals surface area contributed by atoms with Crippen molar-refractivity contribution in [1.29, 1.82) is 0 Å². The lowest BCUT2D eigenvalue weighted by atomic mass is 10.2. The van der Waals surface area contributed by atoms with Gasteiger partial charge in [-0.1, -0.05) is 23.2 Å². The zero-order chi connectivity index (χ0) is 15.0. The number of thioether (sulfide) groups is 1. The molecule has 3 N–H and O–H groups in total. The molecule has 0 aliphatic rings. The molecule has 5 nitrogen and oxygen atoms in total. The number of carbonyl (C=O) groups excluding carboxylic acids is 1. The Hall–Kier alpha value is -0.110. The fourth-order valence-electron chi connectivity index (χ4n) is 1.34. The molecule has 0 spiro atoms. The van der Waals surface area contributed by atoms with Crippen LogP contribution in [0, 0.1) is 0 Å². The Balaban J connectivity index is 0. The fraction of sp³-hybridized carbons (Fsp3) is 0.500. The molecule has 10 heteroatoms. The van der Waals surface area contributed by atoms with Gasteiger partial charge in [0.15, 0.2) is 0 Å². The van der Waals surface area contributed by atoms with Gasteiger partial charge in [-0.25, -0.2) is 4.98 Å². The zero-order valence-corrected chi connectivity index (χ0v) is 15.8. The molecule has 0 unspecified atom stereocenters. The predicted molar refractivity (Wildman–Crippen MR) is 98.2 cm³/mol. The summed E-state index contributed by atoms with van der Waals surface area (Å²) in [4.78, 5) is 15.6. The first-order valence-corrected chi connectivity index (χ1v) is 8.15. The second kappa shape index (κ2) is 13.3. The maximum atomic E-state index is 11.6. The van der Waals surface area contributed by atoms with E-state index < -0.39 is 6.04 Å². The molecule has 0 aliphatic carbocycles. The molecular formula is C12H19Cl4N3O2S. The van der Waals surface area contributed by atoms with Crippen molar-refractivity contribution in [1.82, 2.24) is 10.3 Å². The Labute approximate surface area is 156 Å². The highest BCUT2D eigenvalue weighted by molar-refractivity contribution is 7.98. The number of hydrogen-bond acceptors (Lipinski definition) is 5. The summed E-state index contributed by atoms with van der Waals surface area (Å²) in [6.07, 6.45) is 4.07. The topological polar surface area (TPSA) is 77.2 Å². The molecule has 1 atom stereocenters. The van der Waals surface area contributed by atoms with E-state index in [-0.39, 0.29) is 43.2 Å². The van der Waals surface area contributed by atoms with Crippen LogP contribution in [0.2, 0.25) is 10.0 Å². The first-order valence-electron chi connectivity index (χ1n) is 6.00. The molecule has 0 radical (unpaired) electrons. The van der Waals surface area contributed by atoms with Gasteiger partial charge in [0.2, 0.25) is 11.8 Å². The van der Waals surface area contributed by atoms with Gasteiger partial charge in [0.25, 0.3) is 0 Å². The molecule has 1 amide bonds. The van der Waals surface area contributed by atoms with Gasteiger partial charge < -0.3 is 15.8 Å². The summed E-state index contributed by atoms with van der Waals surface area (Å²) in [5.74, 6) is 0.963. The maximum Gasteiger partial charge on any atom is 0.237 e. The van der Waals surface area contributed by atoms with Gasteiger partial charge in [-0.3, -0.25) is 4.79 Å². The summed E-state index contributed by atoms with van der Waals surface area (Å²) in [5, 5.41) is 3.47. The average molecular weight is 411 g/mol. The first kappa shape index (κ1) is 24.1. The van der Waals surface area contributed by atoms with Crippen LogP contribution >= 0.6 is 59.8 Å². The lowest BCUT2D eigenvalue weighted by Gasteiger charge is -2.12. The Bertz CT molecular complexity index is 454. The number of hydrogen-bond donors (Lipinski definition) is 2. The number of ether oxygens (including phenoxy) is 1. The maximum absolute atomic E-state index is 11.6. The summed E-state index contributed by atoms with van der Waals surface area (Å²) in [7, 11) is 0. The van der Waals surface area contributed by atoms with E-state index >= 15 is 0 Å². The van der Waals surface area contributed by atoms with E-state index in [2.05, 4.69) is 10.3 Å². The molecule has 0 bridgehead atoms. The quantitative estimate of drug-likeness (QED) is 0.644. The van der Waals surface area contributed by atoms with Crippen molar-refractivity contribution in [2.24, 2.45) is 5.73 Å². The second-order valence-electron chi connectivity index (χ2n) is 3.97. The molecule has 0 saturated carbocycles. The van der Waals surface area contributed by atoms with Crippen molar-refractivity contribution in [2.75, 3.05) is 25.2 Å². The van der Waals surface area contributed by atoms with Gasteiger partial charge >= 0.3 is 0 Å². The third kappa shape index (κ3) is 9.12. The molecule has 1 aromatic heterocycles. The van der Waals surface area contributed by atoms with Crippen molar-refractivity contribution >= 4 is 65.7 Å². The fourth-order valence-corrected chi connectivity index (χ4v) is 2.26. The van der Waals surface area contributed by atoms with Crippen molar-refractivity contribution in [3.05, 3.63) is 22.3 Å². The Morgan fingerprint density at radius 3 is 2.77 bits per heavy atom. The van der Waals surface area contributed by atoms with E-state index in [9.17, 15) is 4.79 Å². The zero-order valence-electron chi connectivity index (χ0n) is 11.9. The number of nitrogens with two attached hydrogens (primary N) is 1. The van der Waals surface area contributed by atoms with E-state index in [1.165, 1.54) is 6.20 Å². The van der Waals surface area contributed by atoms with E-state index in [4.69, 9.17) is 33.7 Å². The summed E-state index contributed by atoms with van der Waals surface area (Å²) < 4.78 is 5.34. The molecule has 22 heavy (non-hydrogen) atoms. The molecule has 0 aromatic carbocycles. The van der Waals surface area contributed by atoms with Crippen LogP contribution in [-0.2, 0) is 4.79 Å². The number of aromatic nitrogens is 1. The molecular weight excluding hydrogens is 392 g/mol. The standard InChI is InChI=1S/C12H17Cl2N3O2S.2ClH/c1-20-5-2-10(15)11(18)16-3-4-19-12-9(14)6-8(13)7-17-12;;/h6-7,10H,2-5,15H2,1H3,(H,16,18);2*1H/t10-;;/m0../s1. The van der Waals surface area contributed by atoms with Crippen LogP contribution in [0.5, 0.6) is 5.88 Å². The summed E-state index contributed by atoms with van der Waals surface area (Å²) in [6, 6.07) is 1.06. The SMILES string of the molecule is CSCC[C@H](N)C(=O)NCCOc1ncc(Cl)cc1Cl.Cl.Cl. The van der Waals surface area contributed by atoms with Crippen LogP contribution in [-0.4, -0.2) is 42.1 Å². The predicted octanol–water partition coefficient (Wildman–Crippen LogP) is 2.81. The monoisotopic (exact) mass is 409 g/mol. The van der Waals surface area contributed by atoms with E-state index in [1.807, 2.05) is 6.26 Å². The van der Waals surface area contributed by atoms with Crippen molar-refractivity contribution in [2.45, 2.75) is 12.5 Å². The number of nitrogens with zero attached hydrogens (tertiary/aromatic N) is 1. The Kier molecular flexibility index (Phi) is 14.6. The first-order chi connectivity index (χ1) is 9.54. The molecule has 0 aliphatic heterocycles. The largest absolute Gasteiger partial charge is 0.475 e. The van der Waals surface area contributed by atoms with Crippen LogP contribution in [0.25, 0.3) is 0 Å². The lowest BCUT2D eigenvalue weighted by Crippen LogP contribution is -2.42. The second-order valence-corrected chi connectivity index (χ2v) is 5.80. The number of halogens is 4. The molecule has 0 saturated heterocycles. The van der Waals surface area contributed by atoms with Crippen molar-refractivity contribution in [3.63, 3.8) is 0 Å². The number of rotatable bonds is 8. The van der Waals surface area contributed by atoms with Crippen molar-refractivity contribution in [3.8, 4) is 5.88 Å². The highest BCUT2D eigenvalue weighted by Gasteiger charge is 2.12. The minimum atomic E-state index is -0.486. The Morgan fingerprint density at radius 2 is 2.18 bits per heavy atom. The van der Waals surface area contributed by atoms with Crippen LogP contribution in [0.3, 0.4) is 0 Å². The average Bonchev–Trinajstić information content (AvgIpc) is 2.42. The van der Waals surface area contributed by atoms with Crippen molar-refractivity contribution < 1.29 is 9.53 Å². The van der Waals surface area contributed by atoms with Gasteiger partial charge in [-0.15, -0.1) is 24.8 Å². The van der Waals surface area contributed by atoms with E-state index in [0.717, 1.165) is 5.75 Å². The van der Waals surface area contributed by atoms with Gasteiger partial charge in [0, 0.05) is 6.20 Å². The third-order valence-corrected chi connectivity index (χ3v) is 3.51.